The van der Waals surface area contributed by atoms with Gasteiger partial charge in [-0.25, -0.2) is 4.79 Å². The normalized spacial score (nSPS) is 10.7. The molecule has 4 N–H and O–H groups in total. The van der Waals surface area contributed by atoms with Gasteiger partial charge in [0.05, 0.1) is 0 Å². The van der Waals surface area contributed by atoms with Crippen molar-refractivity contribution in [3.05, 3.63) is 35.4 Å². The van der Waals surface area contributed by atoms with Crippen LogP contribution in [0.15, 0.2) is 24.3 Å². The molecule has 7 nitrogen and oxygen atoms in total. The Bertz CT molecular complexity index is 627. The van der Waals surface area contributed by atoms with E-state index in [4.69, 9.17) is 17.0 Å². The topological polar surface area (TPSA) is 91.5 Å². The Kier molecular flexibility index (Phi) is 9.56. The van der Waals surface area contributed by atoms with Gasteiger partial charge < -0.3 is 15.4 Å². The summed E-state index contributed by atoms with van der Waals surface area (Å²) in [4.78, 5) is 23.8. The Morgan fingerprint density at radius 3 is 2.30 bits per heavy atom. The Morgan fingerprint density at radius 1 is 1.04 bits per heavy atom. The highest BCUT2D eigenvalue weighted by atomic mass is 32.1. The fraction of sp³-hybridized carbons (Fsp3) is 0.526. The lowest BCUT2D eigenvalue weighted by Gasteiger charge is -2.19. The second kappa shape index (κ2) is 11.4. The van der Waals surface area contributed by atoms with Crippen molar-refractivity contribution in [3.63, 3.8) is 0 Å². The second-order valence-electron chi connectivity index (χ2n) is 7.09. The number of amides is 2. The van der Waals surface area contributed by atoms with Gasteiger partial charge in [-0.1, -0.05) is 31.9 Å². The molecule has 0 saturated heterocycles. The Morgan fingerprint density at radius 2 is 1.70 bits per heavy atom. The highest BCUT2D eigenvalue weighted by molar-refractivity contribution is 7.80. The smallest absolute Gasteiger partial charge is 0.407 e. The first-order chi connectivity index (χ1) is 12.7. The van der Waals surface area contributed by atoms with Gasteiger partial charge in [0.1, 0.15) is 5.60 Å². The highest BCUT2D eigenvalue weighted by Crippen LogP contribution is 2.08. The number of unbranched alkanes of at least 4 members (excludes halogenated alkanes) is 2. The molecular weight excluding hydrogens is 364 g/mol. The summed E-state index contributed by atoms with van der Waals surface area (Å²) in [7, 11) is 0. The molecule has 0 bridgehead atoms. The first-order valence-electron chi connectivity index (χ1n) is 9.11. The number of rotatable bonds is 7. The maximum Gasteiger partial charge on any atom is 0.407 e. The summed E-state index contributed by atoms with van der Waals surface area (Å²) in [5.74, 6) is -0.292. The third-order valence-electron chi connectivity index (χ3n) is 3.41. The van der Waals surface area contributed by atoms with Gasteiger partial charge in [-0.15, -0.1) is 0 Å². The lowest BCUT2D eigenvalue weighted by molar-refractivity contribution is 0.0523. The molecule has 0 aliphatic heterocycles. The van der Waals surface area contributed by atoms with Gasteiger partial charge in [-0.3, -0.25) is 15.6 Å². The molecule has 27 heavy (non-hydrogen) atoms. The number of thiocarbonyl (C=S) groups is 1. The zero-order chi connectivity index (χ0) is 20.3. The highest BCUT2D eigenvalue weighted by Gasteiger charge is 2.15. The molecule has 150 valence electrons. The minimum Gasteiger partial charge on any atom is -0.444 e. The number of alkyl carbamates (subject to hydrolysis) is 1. The summed E-state index contributed by atoms with van der Waals surface area (Å²) in [5, 5.41) is 6.09. The van der Waals surface area contributed by atoms with Crippen LogP contribution in [0.2, 0.25) is 0 Å². The number of carbonyl (C=O) groups is 2. The van der Waals surface area contributed by atoms with Crippen LogP contribution in [0.25, 0.3) is 0 Å². The monoisotopic (exact) mass is 394 g/mol. The third kappa shape index (κ3) is 10.4. The minimum atomic E-state index is -0.537. The van der Waals surface area contributed by atoms with E-state index in [1.165, 1.54) is 0 Å². The molecule has 0 fully saturated rings. The zero-order valence-electron chi connectivity index (χ0n) is 16.5. The lowest BCUT2D eigenvalue weighted by Crippen LogP contribution is -2.46. The van der Waals surface area contributed by atoms with Gasteiger partial charge in [0.25, 0.3) is 5.91 Å². The fourth-order valence-electron chi connectivity index (χ4n) is 2.07. The van der Waals surface area contributed by atoms with Crippen molar-refractivity contribution in [2.75, 3.05) is 6.54 Å². The molecule has 0 atom stereocenters. The Hall–Kier alpha value is -2.35. The molecular formula is C19H30N4O3S. The molecule has 0 unspecified atom stereocenters. The van der Waals surface area contributed by atoms with Crippen molar-refractivity contribution in [3.8, 4) is 0 Å². The first kappa shape index (κ1) is 22.7. The van der Waals surface area contributed by atoms with Crippen LogP contribution in [0.5, 0.6) is 0 Å². The molecule has 0 spiro atoms. The molecule has 1 aromatic rings. The largest absolute Gasteiger partial charge is 0.444 e. The molecule has 0 aromatic heterocycles. The van der Waals surface area contributed by atoms with Crippen molar-refractivity contribution in [1.29, 1.82) is 0 Å². The molecule has 1 rings (SSSR count). The van der Waals surface area contributed by atoms with E-state index in [2.05, 4.69) is 28.4 Å². The Labute approximate surface area is 166 Å². The van der Waals surface area contributed by atoms with Crippen LogP contribution in [0, 0.1) is 0 Å². The van der Waals surface area contributed by atoms with Gasteiger partial charge in [-0.05, 0) is 57.1 Å². The Balaban J connectivity index is 2.36. The van der Waals surface area contributed by atoms with Crippen LogP contribution >= 0.6 is 12.2 Å². The summed E-state index contributed by atoms with van der Waals surface area (Å²) in [5.41, 5.74) is 6.04. The van der Waals surface area contributed by atoms with E-state index < -0.39 is 11.7 Å². The maximum absolute atomic E-state index is 12.1. The summed E-state index contributed by atoms with van der Waals surface area (Å²) >= 11 is 5.10. The second-order valence-corrected chi connectivity index (χ2v) is 7.50. The number of ether oxygens (including phenoxy) is 1. The van der Waals surface area contributed by atoms with Gasteiger partial charge in [-0.2, -0.15) is 0 Å². The van der Waals surface area contributed by atoms with Crippen molar-refractivity contribution in [2.45, 2.75) is 59.1 Å². The average molecular weight is 395 g/mol. The van der Waals surface area contributed by atoms with E-state index in [1.807, 2.05) is 0 Å². The lowest BCUT2D eigenvalue weighted by atomic mass is 10.1. The molecule has 0 saturated carbocycles. The quantitative estimate of drug-likeness (QED) is 0.323. The molecule has 8 heteroatoms. The van der Waals surface area contributed by atoms with E-state index in [0.29, 0.717) is 17.2 Å². The van der Waals surface area contributed by atoms with Crippen LogP contribution in [-0.2, 0) is 11.3 Å². The summed E-state index contributed by atoms with van der Waals surface area (Å²) in [6, 6.07) is 6.91. The van der Waals surface area contributed by atoms with Crippen LogP contribution in [0.4, 0.5) is 4.79 Å². The molecule has 2 amide bonds. The third-order valence-corrected chi connectivity index (χ3v) is 3.65. The average Bonchev–Trinajstić information content (AvgIpc) is 2.60. The standard InChI is InChI=1S/C19H30N4O3S/c1-5-6-7-12-20-17(27)23-22-16(24)15-10-8-14(9-11-15)13-21-18(25)26-19(2,3)4/h8-11H,5-7,12-13H2,1-4H3,(H,21,25)(H,22,24)(H2,20,23,27). The number of benzene rings is 1. The fourth-order valence-corrected chi connectivity index (χ4v) is 2.22. The molecule has 0 heterocycles. The number of hydrazine groups is 1. The number of nitrogens with one attached hydrogen (secondary N) is 4. The first-order valence-corrected chi connectivity index (χ1v) is 9.52. The van der Waals surface area contributed by atoms with Crippen molar-refractivity contribution >= 4 is 29.3 Å². The van der Waals surface area contributed by atoms with E-state index >= 15 is 0 Å². The molecule has 0 aliphatic carbocycles. The number of hydrogen-bond acceptors (Lipinski definition) is 4. The van der Waals surface area contributed by atoms with Gasteiger partial charge >= 0.3 is 6.09 Å². The van der Waals surface area contributed by atoms with Crippen molar-refractivity contribution in [1.82, 2.24) is 21.5 Å². The van der Waals surface area contributed by atoms with E-state index in [0.717, 1.165) is 31.4 Å². The van der Waals surface area contributed by atoms with Gasteiger partial charge in [0, 0.05) is 18.7 Å². The predicted octanol–water partition coefficient (Wildman–Crippen LogP) is 3.01. The van der Waals surface area contributed by atoms with Crippen LogP contribution in [0.3, 0.4) is 0 Å². The summed E-state index contributed by atoms with van der Waals surface area (Å²) in [6.07, 6.45) is 2.83. The molecule has 0 radical (unpaired) electrons. The van der Waals surface area contributed by atoms with Crippen LogP contribution < -0.4 is 21.5 Å². The van der Waals surface area contributed by atoms with Crippen molar-refractivity contribution in [2.24, 2.45) is 0 Å². The van der Waals surface area contributed by atoms with E-state index in [1.54, 1.807) is 45.0 Å². The SMILES string of the molecule is CCCCCNC(=S)NNC(=O)c1ccc(CNC(=O)OC(C)(C)C)cc1. The van der Waals surface area contributed by atoms with Crippen LogP contribution in [-0.4, -0.2) is 29.3 Å². The molecule has 0 aliphatic rings. The van der Waals surface area contributed by atoms with Gasteiger partial charge in [0.15, 0.2) is 5.11 Å². The minimum absolute atomic E-state index is 0.292. The van der Waals surface area contributed by atoms with Gasteiger partial charge in [0.2, 0.25) is 0 Å². The van der Waals surface area contributed by atoms with Crippen molar-refractivity contribution < 1.29 is 14.3 Å². The van der Waals surface area contributed by atoms with E-state index in [9.17, 15) is 9.59 Å². The van der Waals surface area contributed by atoms with E-state index in [-0.39, 0.29) is 5.91 Å². The molecule has 1 aromatic carbocycles. The van der Waals surface area contributed by atoms with Crippen LogP contribution in [0.1, 0.15) is 62.9 Å². The summed E-state index contributed by atoms with van der Waals surface area (Å²) < 4.78 is 5.18. The predicted molar refractivity (Wildman–Crippen MR) is 110 cm³/mol. The maximum atomic E-state index is 12.1. The zero-order valence-corrected chi connectivity index (χ0v) is 17.3. The summed E-state index contributed by atoms with van der Waals surface area (Å²) in [6.45, 7) is 8.65. The number of hydrogen-bond donors (Lipinski definition) is 4. The number of carbonyl (C=O) groups excluding carboxylic acids is 2.